The summed E-state index contributed by atoms with van der Waals surface area (Å²) >= 11 is 6.01. The molecule has 0 fully saturated rings. The molecule has 0 heterocycles. The fraction of sp³-hybridized carbons (Fsp3) is 0.143. The van der Waals surface area contributed by atoms with Crippen molar-refractivity contribution < 1.29 is 19.2 Å². The van der Waals surface area contributed by atoms with Crippen LogP contribution in [-0.2, 0) is 0 Å². The molecule has 0 amide bonds. The van der Waals surface area contributed by atoms with Gasteiger partial charge in [0.2, 0.25) is 5.82 Å². The van der Waals surface area contributed by atoms with Crippen molar-refractivity contribution in [1.29, 1.82) is 0 Å². The van der Waals surface area contributed by atoms with Gasteiger partial charge in [0, 0.05) is 12.1 Å². The smallest absolute Gasteiger partial charge is 0.305 e. The average molecular weight is 312 g/mol. The minimum Gasteiger partial charge on any atom is -0.456 e. The quantitative estimate of drug-likeness (QED) is 0.677. The predicted octanol–water partition coefficient (Wildman–Crippen LogP) is 4.23. The summed E-state index contributed by atoms with van der Waals surface area (Å²) in [5.74, 6) is -0.645. The van der Waals surface area contributed by atoms with Gasteiger partial charge in [0.05, 0.1) is 16.0 Å². The fourth-order valence-electron chi connectivity index (χ4n) is 1.69. The first-order chi connectivity index (χ1) is 9.88. The molecule has 5 nitrogen and oxygen atoms in total. The van der Waals surface area contributed by atoms with Crippen molar-refractivity contribution in [3.05, 3.63) is 62.9 Å². The van der Waals surface area contributed by atoms with Crippen LogP contribution in [0.4, 0.5) is 10.1 Å². The lowest BCUT2D eigenvalue weighted by molar-refractivity contribution is -0.387. The Hall–Kier alpha value is -2.18. The van der Waals surface area contributed by atoms with Gasteiger partial charge in [0.25, 0.3) is 0 Å². The van der Waals surface area contributed by atoms with Gasteiger partial charge in [-0.2, -0.15) is 4.39 Å². The predicted molar refractivity (Wildman–Crippen MR) is 75.2 cm³/mol. The van der Waals surface area contributed by atoms with E-state index in [0.29, 0.717) is 5.56 Å². The lowest BCUT2D eigenvalue weighted by Gasteiger charge is -2.10. The third-order valence-electron chi connectivity index (χ3n) is 2.78. The van der Waals surface area contributed by atoms with E-state index in [1.54, 1.807) is 13.0 Å². The van der Waals surface area contributed by atoms with Crippen molar-refractivity contribution in [3.63, 3.8) is 0 Å². The van der Waals surface area contributed by atoms with E-state index >= 15 is 0 Å². The summed E-state index contributed by atoms with van der Waals surface area (Å²) in [5.41, 5.74) is -0.0138. The fourth-order valence-corrected chi connectivity index (χ4v) is 1.91. The van der Waals surface area contributed by atoms with Gasteiger partial charge in [-0.25, -0.2) is 0 Å². The standard InChI is InChI=1S/C14H11ClFNO4/c1-8(18)9-2-5-14(11(15)6-9)21-10-3-4-13(17(19)20)12(16)7-10/h2-8,18H,1H3/t8-/m1/s1. The highest BCUT2D eigenvalue weighted by Crippen LogP contribution is 2.33. The van der Waals surface area contributed by atoms with Crippen molar-refractivity contribution in [2.45, 2.75) is 13.0 Å². The minimum atomic E-state index is -0.991. The molecular weight excluding hydrogens is 301 g/mol. The van der Waals surface area contributed by atoms with Crippen LogP contribution in [0.5, 0.6) is 11.5 Å². The lowest BCUT2D eigenvalue weighted by atomic mass is 10.1. The molecule has 0 radical (unpaired) electrons. The van der Waals surface area contributed by atoms with Gasteiger partial charge in [-0.3, -0.25) is 10.1 Å². The Kier molecular flexibility index (Phi) is 4.40. The molecule has 110 valence electrons. The molecule has 0 aliphatic carbocycles. The van der Waals surface area contributed by atoms with E-state index in [2.05, 4.69) is 0 Å². The van der Waals surface area contributed by atoms with E-state index in [1.165, 1.54) is 18.2 Å². The van der Waals surface area contributed by atoms with Crippen LogP contribution in [0.25, 0.3) is 0 Å². The summed E-state index contributed by atoms with van der Waals surface area (Å²) in [6.07, 6.45) is -0.673. The summed E-state index contributed by atoms with van der Waals surface area (Å²) < 4.78 is 18.9. The number of nitrogens with zero attached hydrogens (tertiary/aromatic N) is 1. The van der Waals surface area contributed by atoms with Crippen LogP contribution in [0.2, 0.25) is 5.02 Å². The van der Waals surface area contributed by atoms with Crippen molar-refractivity contribution in [1.82, 2.24) is 0 Å². The largest absolute Gasteiger partial charge is 0.456 e. The Morgan fingerprint density at radius 3 is 2.57 bits per heavy atom. The molecule has 0 aromatic heterocycles. The second-order valence-electron chi connectivity index (χ2n) is 4.34. The molecule has 1 atom stereocenters. The van der Waals surface area contributed by atoms with Gasteiger partial charge in [-0.1, -0.05) is 17.7 Å². The summed E-state index contributed by atoms with van der Waals surface area (Å²) in [6.45, 7) is 1.60. The van der Waals surface area contributed by atoms with Gasteiger partial charge in [0.1, 0.15) is 11.5 Å². The van der Waals surface area contributed by atoms with Crippen LogP contribution in [0, 0.1) is 15.9 Å². The van der Waals surface area contributed by atoms with Crippen molar-refractivity contribution >= 4 is 17.3 Å². The minimum absolute atomic E-state index is 0.0878. The first kappa shape index (κ1) is 15.2. The Morgan fingerprint density at radius 1 is 1.33 bits per heavy atom. The molecule has 0 spiro atoms. The molecular formula is C14H11ClFNO4. The number of halogens is 2. The van der Waals surface area contributed by atoms with E-state index in [-0.39, 0.29) is 16.5 Å². The van der Waals surface area contributed by atoms with Gasteiger partial charge < -0.3 is 9.84 Å². The molecule has 0 bridgehead atoms. The molecule has 1 N–H and O–H groups in total. The number of aliphatic hydroxyl groups is 1. The number of ether oxygens (including phenoxy) is 1. The molecule has 7 heteroatoms. The van der Waals surface area contributed by atoms with Crippen LogP contribution in [0.3, 0.4) is 0 Å². The molecule has 0 saturated heterocycles. The van der Waals surface area contributed by atoms with E-state index < -0.39 is 22.5 Å². The number of hydrogen-bond donors (Lipinski definition) is 1. The maximum atomic E-state index is 13.5. The zero-order valence-corrected chi connectivity index (χ0v) is 11.7. The van der Waals surface area contributed by atoms with Crippen LogP contribution in [0.15, 0.2) is 36.4 Å². The topological polar surface area (TPSA) is 72.6 Å². The number of aliphatic hydroxyl groups excluding tert-OH is 1. The monoisotopic (exact) mass is 311 g/mol. The Labute approximate surface area is 124 Å². The molecule has 0 saturated carbocycles. The summed E-state index contributed by atoms with van der Waals surface area (Å²) in [5, 5.41) is 20.2. The first-order valence-electron chi connectivity index (χ1n) is 5.98. The summed E-state index contributed by atoms with van der Waals surface area (Å²) in [6, 6.07) is 7.89. The van der Waals surface area contributed by atoms with Gasteiger partial charge >= 0.3 is 5.69 Å². The van der Waals surface area contributed by atoms with E-state index in [1.807, 2.05) is 0 Å². The molecule has 2 rings (SSSR count). The van der Waals surface area contributed by atoms with Crippen LogP contribution in [0.1, 0.15) is 18.6 Å². The lowest BCUT2D eigenvalue weighted by Crippen LogP contribution is -1.94. The number of nitro benzene ring substituents is 1. The second-order valence-corrected chi connectivity index (χ2v) is 4.75. The second kappa shape index (κ2) is 6.07. The third-order valence-corrected chi connectivity index (χ3v) is 3.08. The van der Waals surface area contributed by atoms with E-state index in [9.17, 15) is 19.6 Å². The SMILES string of the molecule is C[C@@H](O)c1ccc(Oc2ccc([N+](=O)[O-])c(F)c2)c(Cl)c1. The average Bonchev–Trinajstić information content (AvgIpc) is 2.40. The van der Waals surface area contributed by atoms with Gasteiger partial charge in [-0.05, 0) is 30.7 Å². The van der Waals surface area contributed by atoms with Crippen molar-refractivity contribution in [2.75, 3.05) is 0 Å². The maximum Gasteiger partial charge on any atom is 0.305 e. The highest BCUT2D eigenvalue weighted by atomic mass is 35.5. The Balaban J connectivity index is 2.26. The zero-order valence-electron chi connectivity index (χ0n) is 10.9. The highest BCUT2D eigenvalue weighted by molar-refractivity contribution is 6.32. The Morgan fingerprint density at radius 2 is 2.05 bits per heavy atom. The number of benzene rings is 2. The maximum absolute atomic E-state index is 13.5. The number of hydrogen-bond acceptors (Lipinski definition) is 4. The third kappa shape index (κ3) is 3.48. The molecule has 0 aliphatic heterocycles. The molecule has 2 aromatic rings. The van der Waals surface area contributed by atoms with Crippen molar-refractivity contribution in [2.24, 2.45) is 0 Å². The van der Waals surface area contributed by atoms with Crippen LogP contribution in [-0.4, -0.2) is 10.0 Å². The zero-order chi connectivity index (χ0) is 15.6. The molecule has 0 unspecified atom stereocenters. The Bertz CT molecular complexity index is 691. The normalized spacial score (nSPS) is 12.0. The first-order valence-corrected chi connectivity index (χ1v) is 6.35. The highest BCUT2D eigenvalue weighted by Gasteiger charge is 2.15. The summed E-state index contributed by atoms with van der Waals surface area (Å²) in [4.78, 5) is 9.71. The molecule has 2 aromatic carbocycles. The van der Waals surface area contributed by atoms with Crippen LogP contribution >= 0.6 is 11.6 Å². The number of nitro groups is 1. The van der Waals surface area contributed by atoms with Gasteiger partial charge in [-0.15, -0.1) is 0 Å². The summed E-state index contributed by atoms with van der Waals surface area (Å²) in [7, 11) is 0. The van der Waals surface area contributed by atoms with E-state index in [0.717, 1.165) is 12.1 Å². The van der Waals surface area contributed by atoms with Gasteiger partial charge in [0.15, 0.2) is 0 Å². The molecule has 21 heavy (non-hydrogen) atoms. The van der Waals surface area contributed by atoms with Crippen LogP contribution < -0.4 is 4.74 Å². The van der Waals surface area contributed by atoms with E-state index in [4.69, 9.17) is 16.3 Å². The van der Waals surface area contributed by atoms with Crippen molar-refractivity contribution in [3.8, 4) is 11.5 Å². The molecule has 0 aliphatic rings. The number of rotatable bonds is 4.